The molecule has 0 amide bonds. The minimum absolute atomic E-state index is 0.513. The number of para-hydroxylation sites is 2. The Kier molecular flexibility index (Phi) is 5.39. The number of nitrogens with zero attached hydrogens (tertiary/aromatic N) is 3. The molecular weight excluding hydrogens is 418 g/mol. The second-order valence-corrected chi connectivity index (χ2v) is 10.6. The van der Waals surface area contributed by atoms with Crippen molar-refractivity contribution in [2.75, 3.05) is 19.7 Å². The fourth-order valence-electron chi connectivity index (χ4n) is 5.35. The molecule has 2 aliphatic carbocycles. The summed E-state index contributed by atoms with van der Waals surface area (Å²) < 4.78 is 8.76. The van der Waals surface area contributed by atoms with Crippen molar-refractivity contribution in [3.63, 3.8) is 0 Å². The van der Waals surface area contributed by atoms with Gasteiger partial charge >= 0.3 is 0 Å². The molecular formula is C27H32ClN3O. The molecule has 0 bridgehead atoms. The van der Waals surface area contributed by atoms with Gasteiger partial charge in [-0.15, -0.1) is 0 Å². The van der Waals surface area contributed by atoms with E-state index < -0.39 is 0 Å². The molecule has 2 heterocycles. The second kappa shape index (κ2) is 8.39. The normalized spacial score (nSPS) is 24.2. The van der Waals surface area contributed by atoms with Crippen LogP contribution in [0.15, 0.2) is 42.5 Å². The Hall–Kier alpha value is -2.04. The van der Waals surface area contributed by atoms with Gasteiger partial charge in [0.1, 0.15) is 11.6 Å². The molecule has 32 heavy (non-hydrogen) atoms. The summed E-state index contributed by atoms with van der Waals surface area (Å²) in [6.45, 7) is 6.26. The zero-order valence-electron chi connectivity index (χ0n) is 18.8. The summed E-state index contributed by atoms with van der Waals surface area (Å²) in [4.78, 5) is 7.58. The molecule has 2 unspecified atom stereocenters. The SMILES string of the molecule is CC1CC1COc1ccc(Cl)cc1C1CCN(Cc2nc3ccccc3n2C2CC2)CC1. The minimum Gasteiger partial charge on any atom is -0.493 e. The molecule has 2 aromatic carbocycles. The summed E-state index contributed by atoms with van der Waals surface area (Å²) in [5, 5.41) is 0.813. The summed E-state index contributed by atoms with van der Waals surface area (Å²) in [5.74, 6) is 4.33. The van der Waals surface area contributed by atoms with Gasteiger partial charge in [0.05, 0.1) is 24.2 Å². The smallest absolute Gasteiger partial charge is 0.124 e. The number of piperidine rings is 1. The molecule has 1 aliphatic heterocycles. The zero-order chi connectivity index (χ0) is 21.7. The van der Waals surface area contributed by atoms with Crippen LogP contribution in [0.3, 0.4) is 0 Å². The van der Waals surface area contributed by atoms with Crippen LogP contribution in [0.25, 0.3) is 11.0 Å². The van der Waals surface area contributed by atoms with Crippen LogP contribution < -0.4 is 4.74 Å². The quantitative estimate of drug-likeness (QED) is 0.415. The van der Waals surface area contributed by atoms with Crippen molar-refractivity contribution in [3.8, 4) is 5.75 Å². The maximum atomic E-state index is 6.38. The van der Waals surface area contributed by atoms with E-state index in [4.69, 9.17) is 21.3 Å². The van der Waals surface area contributed by atoms with Crippen LogP contribution in [0.4, 0.5) is 0 Å². The highest BCUT2D eigenvalue weighted by molar-refractivity contribution is 6.30. The molecule has 1 saturated heterocycles. The van der Waals surface area contributed by atoms with Crippen LogP contribution in [-0.4, -0.2) is 34.1 Å². The maximum Gasteiger partial charge on any atom is 0.124 e. The lowest BCUT2D eigenvalue weighted by atomic mass is 9.88. The lowest BCUT2D eigenvalue weighted by Crippen LogP contribution is -2.33. The minimum atomic E-state index is 0.513. The Morgan fingerprint density at radius 1 is 1.06 bits per heavy atom. The van der Waals surface area contributed by atoms with Gasteiger partial charge in [0.25, 0.3) is 0 Å². The molecule has 0 N–H and O–H groups in total. The summed E-state index contributed by atoms with van der Waals surface area (Å²) in [7, 11) is 0. The van der Waals surface area contributed by atoms with Gasteiger partial charge in [0.2, 0.25) is 0 Å². The molecule has 2 saturated carbocycles. The van der Waals surface area contributed by atoms with Gasteiger partial charge in [0, 0.05) is 11.1 Å². The first kappa shape index (κ1) is 20.6. The van der Waals surface area contributed by atoms with Crippen molar-refractivity contribution in [3.05, 3.63) is 58.9 Å². The average molecular weight is 450 g/mol. The van der Waals surface area contributed by atoms with Gasteiger partial charge in [-0.2, -0.15) is 0 Å². The van der Waals surface area contributed by atoms with E-state index in [1.54, 1.807) is 0 Å². The van der Waals surface area contributed by atoms with Crippen molar-refractivity contribution in [1.82, 2.24) is 14.5 Å². The number of hydrogen-bond acceptors (Lipinski definition) is 3. The molecule has 3 aromatic rings. The topological polar surface area (TPSA) is 30.3 Å². The third kappa shape index (κ3) is 4.15. The lowest BCUT2D eigenvalue weighted by molar-refractivity contribution is 0.195. The van der Waals surface area contributed by atoms with E-state index in [9.17, 15) is 0 Å². The van der Waals surface area contributed by atoms with Gasteiger partial charge in [0.15, 0.2) is 0 Å². The first-order chi connectivity index (χ1) is 15.7. The molecule has 4 nitrogen and oxygen atoms in total. The first-order valence-electron chi connectivity index (χ1n) is 12.3. The standard InChI is InChI=1S/C27H32ClN3O/c1-18-14-20(18)17-32-26-9-6-21(28)15-23(26)19-10-12-30(13-11-19)16-27-29-24-4-2-3-5-25(24)31(27)22-7-8-22/h2-6,9,15,18-20,22H,7-8,10-14,16-17H2,1H3. The number of benzene rings is 2. The number of aromatic nitrogens is 2. The largest absolute Gasteiger partial charge is 0.493 e. The van der Waals surface area contributed by atoms with Gasteiger partial charge in [-0.05, 0) is 98.8 Å². The van der Waals surface area contributed by atoms with Gasteiger partial charge in [-0.25, -0.2) is 4.98 Å². The average Bonchev–Trinajstić information content (AvgIpc) is 3.73. The monoisotopic (exact) mass is 449 g/mol. The van der Waals surface area contributed by atoms with Gasteiger partial charge < -0.3 is 9.30 Å². The summed E-state index contributed by atoms with van der Waals surface area (Å²) in [6, 6.07) is 15.4. The highest BCUT2D eigenvalue weighted by Gasteiger charge is 2.34. The fraction of sp³-hybridized carbons (Fsp3) is 0.519. The van der Waals surface area contributed by atoms with E-state index in [-0.39, 0.29) is 0 Å². The van der Waals surface area contributed by atoms with E-state index in [1.807, 2.05) is 6.07 Å². The molecule has 0 radical (unpaired) electrons. The third-order valence-corrected chi connectivity index (χ3v) is 7.91. The van der Waals surface area contributed by atoms with E-state index in [0.717, 1.165) is 67.2 Å². The number of fused-ring (bicyclic) bond motifs is 1. The van der Waals surface area contributed by atoms with E-state index >= 15 is 0 Å². The van der Waals surface area contributed by atoms with Crippen molar-refractivity contribution < 1.29 is 4.74 Å². The lowest BCUT2D eigenvalue weighted by Gasteiger charge is -2.32. The summed E-state index contributed by atoms with van der Waals surface area (Å²) >= 11 is 6.38. The third-order valence-electron chi connectivity index (χ3n) is 7.67. The maximum absolute atomic E-state index is 6.38. The van der Waals surface area contributed by atoms with E-state index in [0.29, 0.717) is 12.0 Å². The second-order valence-electron chi connectivity index (χ2n) is 10.1. The van der Waals surface area contributed by atoms with Crippen LogP contribution in [0, 0.1) is 11.8 Å². The number of likely N-dealkylation sites (tertiary alicyclic amines) is 1. The molecule has 5 heteroatoms. The van der Waals surface area contributed by atoms with Crippen molar-refractivity contribution in [2.24, 2.45) is 11.8 Å². The van der Waals surface area contributed by atoms with Crippen LogP contribution in [-0.2, 0) is 6.54 Å². The number of imidazole rings is 1. The number of rotatable bonds is 7. The highest BCUT2D eigenvalue weighted by Crippen LogP contribution is 2.41. The van der Waals surface area contributed by atoms with Crippen LogP contribution in [0.2, 0.25) is 5.02 Å². The Bertz CT molecular complexity index is 1110. The van der Waals surface area contributed by atoms with Gasteiger partial charge in [-0.3, -0.25) is 4.90 Å². The number of halogens is 1. The highest BCUT2D eigenvalue weighted by atomic mass is 35.5. The van der Waals surface area contributed by atoms with Crippen molar-refractivity contribution in [2.45, 2.75) is 57.5 Å². The number of ether oxygens (including phenoxy) is 1. The predicted molar refractivity (Wildman–Crippen MR) is 129 cm³/mol. The molecule has 6 rings (SSSR count). The van der Waals surface area contributed by atoms with Crippen LogP contribution in [0.5, 0.6) is 5.75 Å². The Balaban J connectivity index is 1.14. The Morgan fingerprint density at radius 3 is 2.59 bits per heavy atom. The molecule has 168 valence electrons. The molecule has 2 atom stereocenters. The summed E-state index contributed by atoms with van der Waals surface area (Å²) in [6.07, 6.45) is 6.15. The molecule has 0 spiro atoms. The predicted octanol–water partition coefficient (Wildman–Crippen LogP) is 6.44. The van der Waals surface area contributed by atoms with Crippen LogP contribution >= 0.6 is 11.6 Å². The Labute approximate surface area is 195 Å². The van der Waals surface area contributed by atoms with Crippen LogP contribution in [0.1, 0.15) is 62.4 Å². The van der Waals surface area contributed by atoms with Crippen molar-refractivity contribution >= 4 is 22.6 Å². The first-order valence-corrected chi connectivity index (χ1v) is 12.6. The zero-order valence-corrected chi connectivity index (χ0v) is 19.6. The van der Waals surface area contributed by atoms with E-state index in [1.165, 1.54) is 36.2 Å². The van der Waals surface area contributed by atoms with Crippen molar-refractivity contribution in [1.29, 1.82) is 0 Å². The molecule has 1 aromatic heterocycles. The molecule has 3 fully saturated rings. The van der Waals surface area contributed by atoms with Gasteiger partial charge in [-0.1, -0.05) is 30.7 Å². The Morgan fingerprint density at radius 2 is 1.84 bits per heavy atom. The number of hydrogen-bond donors (Lipinski definition) is 0. The molecule has 3 aliphatic rings. The summed E-state index contributed by atoms with van der Waals surface area (Å²) in [5.41, 5.74) is 3.73. The fourth-order valence-corrected chi connectivity index (χ4v) is 5.53. The van der Waals surface area contributed by atoms with E-state index in [2.05, 4.69) is 52.8 Å².